The normalized spacial score (nSPS) is 16.0. The molecule has 0 saturated heterocycles. The van der Waals surface area contributed by atoms with Gasteiger partial charge in [-0.05, 0) is 0 Å². The molecule has 2 aromatic rings. The molecule has 28 heavy (non-hydrogen) atoms. The van der Waals surface area contributed by atoms with Crippen LogP contribution in [0.15, 0.2) is 36.4 Å². The molecule has 146 valence electrons. The number of amides is 2. The minimum Gasteiger partial charge on any atom is -0.481 e. The minimum atomic E-state index is -1.05. The molecule has 3 N–H and O–H groups in total. The second-order valence-corrected chi connectivity index (χ2v) is 7.84. The Balaban J connectivity index is 1.75. The smallest absolute Gasteiger partial charge is 0.481 e. The van der Waals surface area contributed by atoms with Crippen molar-refractivity contribution in [1.29, 1.82) is 0 Å². The Morgan fingerprint density at radius 2 is 2.14 bits per heavy atom. The molecule has 0 spiro atoms. The molecule has 0 aliphatic carbocycles. The maximum absolute atomic E-state index is 12.5. The maximum atomic E-state index is 12.5. The SMILES string of the molecule is CN1Cc2cc(C(=O)NCc3cccc([AsH2])n3)ccc2N[C@@H](CC(=O)O)C1=O. The van der Waals surface area contributed by atoms with Gasteiger partial charge in [0.2, 0.25) is 0 Å². The molecule has 3 rings (SSSR count). The molecule has 0 radical (unpaired) electrons. The Hall–Kier alpha value is -2.86. The van der Waals surface area contributed by atoms with Gasteiger partial charge < -0.3 is 5.11 Å². The number of hydrogen-bond donors (Lipinski definition) is 3. The molecule has 1 aliphatic heterocycles. The number of pyridine rings is 1. The van der Waals surface area contributed by atoms with Crippen LogP contribution in [0.25, 0.3) is 0 Å². The number of carbonyl (C=O) groups excluding carboxylic acids is 2. The van der Waals surface area contributed by atoms with Gasteiger partial charge in [0.05, 0.1) is 6.42 Å². The van der Waals surface area contributed by atoms with Gasteiger partial charge >= 0.3 is 150 Å². The van der Waals surface area contributed by atoms with Crippen LogP contribution in [0.2, 0.25) is 0 Å². The summed E-state index contributed by atoms with van der Waals surface area (Å²) in [5, 5.41) is 14.9. The van der Waals surface area contributed by atoms with Crippen LogP contribution >= 0.6 is 0 Å². The summed E-state index contributed by atoms with van der Waals surface area (Å²) in [5.41, 5.74) is 2.67. The van der Waals surface area contributed by atoms with Crippen molar-refractivity contribution >= 4 is 44.8 Å². The predicted molar refractivity (Wildman–Crippen MR) is 106 cm³/mol. The number of anilines is 1. The number of aromatic nitrogens is 1. The fourth-order valence-corrected chi connectivity index (χ4v) is 3.62. The van der Waals surface area contributed by atoms with E-state index in [4.69, 9.17) is 5.11 Å². The third-order valence-corrected chi connectivity index (χ3v) is 5.09. The summed E-state index contributed by atoms with van der Waals surface area (Å²) in [6.07, 6.45) is -0.310. The first-order chi connectivity index (χ1) is 13.3. The van der Waals surface area contributed by atoms with Crippen molar-refractivity contribution in [2.24, 2.45) is 0 Å². The Bertz CT molecular complexity index is 934. The summed E-state index contributed by atoms with van der Waals surface area (Å²) in [5.74, 6) is -1.58. The molecular formula is C19H21AsN4O4. The molecule has 1 aromatic heterocycles. The number of benzene rings is 1. The molecule has 1 aromatic carbocycles. The molecule has 0 fully saturated rings. The molecular weight excluding hydrogens is 423 g/mol. The predicted octanol–water partition coefficient (Wildman–Crippen LogP) is -0.503. The zero-order chi connectivity index (χ0) is 20.3. The first-order valence-electron chi connectivity index (χ1n) is 8.69. The number of fused-ring (bicyclic) bond motifs is 1. The number of carbonyl (C=O) groups is 3. The van der Waals surface area contributed by atoms with Crippen molar-refractivity contribution in [3.8, 4) is 0 Å². The van der Waals surface area contributed by atoms with E-state index in [1.54, 1.807) is 25.2 Å². The van der Waals surface area contributed by atoms with Crippen LogP contribution in [0.4, 0.5) is 5.69 Å². The fourth-order valence-electron chi connectivity index (χ4n) is 3.04. The van der Waals surface area contributed by atoms with Crippen molar-refractivity contribution in [2.45, 2.75) is 25.6 Å². The first kappa shape index (κ1) is 19.9. The van der Waals surface area contributed by atoms with Crippen LogP contribution in [0.3, 0.4) is 0 Å². The summed E-state index contributed by atoms with van der Waals surface area (Å²) in [6.45, 7) is 0.616. The Morgan fingerprint density at radius 3 is 2.86 bits per heavy atom. The second-order valence-electron chi connectivity index (χ2n) is 6.60. The Kier molecular flexibility index (Phi) is 5.99. The quantitative estimate of drug-likeness (QED) is 0.537. The van der Waals surface area contributed by atoms with Gasteiger partial charge in [0.1, 0.15) is 0 Å². The van der Waals surface area contributed by atoms with E-state index in [9.17, 15) is 14.4 Å². The van der Waals surface area contributed by atoms with Crippen LogP contribution in [0, 0.1) is 0 Å². The zero-order valence-corrected chi connectivity index (χ0v) is 17.7. The van der Waals surface area contributed by atoms with E-state index in [2.05, 4.69) is 15.6 Å². The van der Waals surface area contributed by atoms with E-state index in [0.29, 0.717) is 24.3 Å². The number of carboxylic acid groups (broad SMARTS) is 1. The standard InChI is InChI=1S/C19H21AsN4O4/c1-24-10-12-7-11(18(27)21-9-13-3-2-4-16(20)22-13)5-6-14(12)23-15(19(24)28)8-17(25)26/h2-7,15,23H,8-10,20H2,1H3,(H,21,27)(H,25,26)/t15-/m0/s1. The number of nitrogens with zero attached hydrogens (tertiary/aromatic N) is 2. The van der Waals surface area contributed by atoms with Gasteiger partial charge in [-0.15, -0.1) is 0 Å². The van der Waals surface area contributed by atoms with E-state index in [-0.39, 0.29) is 18.2 Å². The van der Waals surface area contributed by atoms with E-state index in [0.717, 1.165) is 15.7 Å². The molecule has 0 saturated carbocycles. The summed E-state index contributed by atoms with van der Waals surface area (Å²) >= 11 is 1.42. The second kappa shape index (κ2) is 8.44. The van der Waals surface area contributed by atoms with Crippen molar-refractivity contribution in [3.05, 3.63) is 53.2 Å². The zero-order valence-electron chi connectivity index (χ0n) is 15.3. The van der Waals surface area contributed by atoms with Gasteiger partial charge in [-0.1, -0.05) is 0 Å². The van der Waals surface area contributed by atoms with Crippen molar-refractivity contribution in [2.75, 3.05) is 12.4 Å². The molecule has 1 unspecified atom stereocenters. The number of carboxylic acids is 1. The van der Waals surface area contributed by atoms with Crippen LogP contribution in [0.5, 0.6) is 0 Å². The molecule has 2 atom stereocenters. The van der Waals surface area contributed by atoms with Crippen LogP contribution in [-0.2, 0) is 22.7 Å². The van der Waals surface area contributed by atoms with Crippen LogP contribution in [-0.4, -0.2) is 62.7 Å². The van der Waals surface area contributed by atoms with Gasteiger partial charge in [-0.25, -0.2) is 0 Å². The summed E-state index contributed by atoms with van der Waals surface area (Å²) in [4.78, 5) is 41.8. The average molecular weight is 444 g/mol. The van der Waals surface area contributed by atoms with Crippen molar-refractivity contribution < 1.29 is 19.5 Å². The monoisotopic (exact) mass is 444 g/mol. The van der Waals surface area contributed by atoms with E-state index in [1.165, 1.54) is 21.8 Å². The number of hydrogen-bond acceptors (Lipinski definition) is 5. The third-order valence-electron chi connectivity index (χ3n) is 4.42. The van der Waals surface area contributed by atoms with E-state index < -0.39 is 12.0 Å². The molecule has 2 heterocycles. The van der Waals surface area contributed by atoms with E-state index >= 15 is 0 Å². The van der Waals surface area contributed by atoms with Gasteiger partial charge in [0, 0.05) is 0 Å². The van der Waals surface area contributed by atoms with Crippen molar-refractivity contribution in [3.63, 3.8) is 0 Å². The third kappa shape index (κ3) is 4.70. The van der Waals surface area contributed by atoms with Gasteiger partial charge in [0.25, 0.3) is 0 Å². The average Bonchev–Trinajstić information content (AvgIpc) is 2.76. The number of aliphatic carboxylic acids is 1. The van der Waals surface area contributed by atoms with Gasteiger partial charge in [-0.3, -0.25) is 9.59 Å². The van der Waals surface area contributed by atoms with Crippen LogP contribution < -0.4 is 15.1 Å². The number of likely N-dealkylation sites (N-methyl/N-ethyl adjacent to an activating group) is 1. The Labute approximate surface area is 170 Å². The number of rotatable bonds is 5. The van der Waals surface area contributed by atoms with Gasteiger partial charge in [-0.2, -0.15) is 0 Å². The molecule has 9 heteroatoms. The van der Waals surface area contributed by atoms with Crippen molar-refractivity contribution in [1.82, 2.24) is 15.2 Å². The summed E-state index contributed by atoms with van der Waals surface area (Å²) < 4.78 is 0.943. The van der Waals surface area contributed by atoms with E-state index in [1.807, 2.05) is 18.2 Å². The van der Waals surface area contributed by atoms with Crippen LogP contribution in [0.1, 0.15) is 28.0 Å². The minimum absolute atomic E-state index is 0.239. The summed E-state index contributed by atoms with van der Waals surface area (Å²) in [7, 11) is 1.62. The molecule has 8 nitrogen and oxygen atoms in total. The van der Waals surface area contributed by atoms with Gasteiger partial charge in [0.15, 0.2) is 0 Å². The topological polar surface area (TPSA) is 112 Å². The molecule has 2 amide bonds. The Morgan fingerprint density at radius 1 is 1.36 bits per heavy atom. The summed E-state index contributed by atoms with van der Waals surface area (Å²) in [6, 6.07) is 9.92. The first-order valence-corrected chi connectivity index (χ1v) is 9.90. The molecule has 0 bridgehead atoms. The molecule has 1 aliphatic rings. The fraction of sp³-hybridized carbons (Fsp3) is 0.263. The number of nitrogens with one attached hydrogen (secondary N) is 2.